The summed E-state index contributed by atoms with van der Waals surface area (Å²) in [4.78, 5) is 13.5. The smallest absolute Gasteiger partial charge is 0.220 e. The van der Waals surface area contributed by atoms with Crippen LogP contribution in [-0.4, -0.2) is 193 Å². The molecule has 12 N–H and O–H groups in total. The Balaban J connectivity index is 1.36. The molecule has 17 atom stereocenters. The van der Waals surface area contributed by atoms with Crippen molar-refractivity contribution < 1.29 is 89.4 Å². The van der Waals surface area contributed by atoms with Gasteiger partial charge in [-0.2, -0.15) is 0 Å². The van der Waals surface area contributed by atoms with Crippen molar-refractivity contribution in [3.05, 3.63) is 72.9 Å². The predicted octanol–water partition coefficient (Wildman–Crippen LogP) is 15.2. The number of hydrogen-bond donors (Lipinski definition) is 12. The zero-order valence-corrected chi connectivity index (χ0v) is 65.7. The predicted molar refractivity (Wildman–Crippen MR) is 420 cm³/mol. The number of unbranched alkanes of at least 4 members (excludes halogenated alkanes) is 42. The molecule has 19 heteroatoms. The van der Waals surface area contributed by atoms with Crippen LogP contribution >= 0.6 is 0 Å². The first kappa shape index (κ1) is 96.4. The van der Waals surface area contributed by atoms with E-state index in [4.69, 9.17) is 28.4 Å². The number of carbonyl (C=O) groups excluding carboxylic acids is 1. The quantitative estimate of drug-likeness (QED) is 0.0199. The lowest BCUT2D eigenvalue weighted by Crippen LogP contribution is -2.66. The molecule has 0 aromatic rings. The van der Waals surface area contributed by atoms with Gasteiger partial charge in [-0.05, 0) is 64.2 Å². The molecule has 3 aliphatic heterocycles. The summed E-state index contributed by atoms with van der Waals surface area (Å²) in [6, 6.07) is -0.978. The van der Waals surface area contributed by atoms with Crippen LogP contribution in [0.5, 0.6) is 0 Å². The Morgan fingerprint density at radius 2 is 0.657 bits per heavy atom. The second kappa shape index (κ2) is 65.9. The fourth-order valence-corrected chi connectivity index (χ4v) is 14.2. The summed E-state index contributed by atoms with van der Waals surface area (Å²) < 4.78 is 34.5. The molecule has 0 saturated carbocycles. The van der Waals surface area contributed by atoms with Crippen LogP contribution in [0.2, 0.25) is 0 Å². The fraction of sp³-hybridized carbons (Fsp3) is 0.849. The molecule has 1 amide bonds. The van der Waals surface area contributed by atoms with Crippen LogP contribution in [0.3, 0.4) is 0 Å². The van der Waals surface area contributed by atoms with Crippen molar-refractivity contribution in [2.24, 2.45) is 0 Å². The van der Waals surface area contributed by atoms with Crippen LogP contribution in [0, 0.1) is 0 Å². The van der Waals surface area contributed by atoms with Crippen molar-refractivity contribution in [2.45, 2.75) is 439 Å². The van der Waals surface area contributed by atoms with E-state index in [-0.39, 0.29) is 18.9 Å². The monoisotopic (exact) mass is 1490 g/mol. The summed E-state index contributed by atoms with van der Waals surface area (Å²) in [6.45, 7) is 1.67. The van der Waals surface area contributed by atoms with E-state index >= 15 is 0 Å². The first-order valence-corrected chi connectivity index (χ1v) is 42.7. The number of aliphatic hydroxyl groups excluding tert-OH is 11. The first-order chi connectivity index (χ1) is 51.3. The van der Waals surface area contributed by atoms with Crippen LogP contribution in [-0.2, 0) is 33.2 Å². The van der Waals surface area contributed by atoms with Gasteiger partial charge >= 0.3 is 0 Å². The minimum atomic E-state index is -1.98. The molecular weight excluding hydrogens is 1330 g/mol. The van der Waals surface area contributed by atoms with Gasteiger partial charge in [-0.25, -0.2) is 0 Å². The molecule has 3 heterocycles. The Hall–Kier alpha value is -2.77. The fourth-order valence-electron chi connectivity index (χ4n) is 14.2. The Morgan fingerprint density at radius 3 is 1.03 bits per heavy atom. The van der Waals surface area contributed by atoms with E-state index in [1.807, 2.05) is 6.08 Å². The van der Waals surface area contributed by atoms with Crippen molar-refractivity contribution in [1.82, 2.24) is 5.32 Å². The Labute approximate surface area is 636 Å². The second-order valence-electron chi connectivity index (χ2n) is 30.3. The highest BCUT2D eigenvalue weighted by molar-refractivity contribution is 5.76. The van der Waals surface area contributed by atoms with E-state index < -0.39 is 124 Å². The molecule has 0 aromatic heterocycles. The summed E-state index contributed by atoms with van der Waals surface area (Å²) >= 11 is 0. The minimum Gasteiger partial charge on any atom is -0.394 e. The average molecular weight is 1490 g/mol. The Kier molecular flexibility index (Phi) is 60.5. The summed E-state index contributed by atoms with van der Waals surface area (Å²) in [5.41, 5.74) is 0. The topological polar surface area (TPSA) is 307 Å². The summed E-state index contributed by atoms with van der Waals surface area (Å²) in [5.74, 6) is -0.273. The lowest BCUT2D eigenvalue weighted by molar-refractivity contribution is -0.379. The van der Waals surface area contributed by atoms with E-state index in [1.165, 1.54) is 231 Å². The normalized spacial score (nSPS) is 26.1. The molecule has 0 radical (unpaired) electrons. The van der Waals surface area contributed by atoms with E-state index in [0.29, 0.717) is 6.42 Å². The van der Waals surface area contributed by atoms with Gasteiger partial charge in [-0.1, -0.05) is 337 Å². The molecule has 3 aliphatic rings. The van der Waals surface area contributed by atoms with Gasteiger partial charge < -0.3 is 89.9 Å². The molecule has 19 nitrogen and oxygen atoms in total. The van der Waals surface area contributed by atoms with Crippen LogP contribution in [0.4, 0.5) is 0 Å². The van der Waals surface area contributed by atoms with Crippen molar-refractivity contribution in [3.63, 3.8) is 0 Å². The van der Waals surface area contributed by atoms with Crippen molar-refractivity contribution in [3.8, 4) is 0 Å². The van der Waals surface area contributed by atoms with Crippen LogP contribution < -0.4 is 5.32 Å². The van der Waals surface area contributed by atoms with Crippen molar-refractivity contribution >= 4 is 5.91 Å². The minimum absolute atomic E-state index is 0.241. The van der Waals surface area contributed by atoms with E-state index in [1.54, 1.807) is 6.08 Å². The number of carbonyl (C=O) groups is 1. The molecule has 0 aliphatic carbocycles. The molecule has 17 unspecified atom stereocenters. The lowest BCUT2D eigenvalue weighted by atomic mass is 9.96. The van der Waals surface area contributed by atoms with Gasteiger partial charge in [0.15, 0.2) is 18.9 Å². The summed E-state index contributed by atoms with van der Waals surface area (Å²) in [6.07, 6.45) is 60.3. The number of nitrogens with one attached hydrogen (secondary N) is 1. The van der Waals surface area contributed by atoms with Gasteiger partial charge in [-0.3, -0.25) is 4.79 Å². The molecule has 3 rings (SSSR count). The highest BCUT2D eigenvalue weighted by atomic mass is 16.8. The molecule has 0 aromatic carbocycles. The zero-order valence-electron chi connectivity index (χ0n) is 65.7. The Bertz CT molecular complexity index is 2180. The maximum Gasteiger partial charge on any atom is 0.220 e. The van der Waals surface area contributed by atoms with Crippen LogP contribution in [0.1, 0.15) is 335 Å². The third kappa shape index (κ3) is 45.4. The summed E-state index contributed by atoms with van der Waals surface area (Å²) in [7, 11) is 0. The average Bonchev–Trinajstić information content (AvgIpc) is 0.781. The number of allylic oxidation sites excluding steroid dienone is 11. The highest BCUT2D eigenvalue weighted by Gasteiger charge is 2.54. The third-order valence-corrected chi connectivity index (χ3v) is 21.0. The van der Waals surface area contributed by atoms with Gasteiger partial charge in [0.05, 0.1) is 38.6 Å². The molecule has 612 valence electrons. The second-order valence-corrected chi connectivity index (χ2v) is 30.3. The number of ether oxygens (including phenoxy) is 6. The van der Waals surface area contributed by atoms with Gasteiger partial charge in [0, 0.05) is 6.42 Å². The third-order valence-electron chi connectivity index (χ3n) is 21.0. The molecular formula is C86H155NO18. The molecule has 0 spiro atoms. The van der Waals surface area contributed by atoms with Gasteiger partial charge in [0.1, 0.15) is 73.2 Å². The number of aliphatic hydroxyl groups is 11. The number of rotatable bonds is 68. The van der Waals surface area contributed by atoms with E-state index in [2.05, 4.69) is 79.9 Å². The van der Waals surface area contributed by atoms with Crippen LogP contribution in [0.15, 0.2) is 72.9 Å². The lowest BCUT2D eigenvalue weighted by Gasteiger charge is -2.48. The van der Waals surface area contributed by atoms with Gasteiger partial charge in [0.2, 0.25) is 5.91 Å². The summed E-state index contributed by atoms with van der Waals surface area (Å²) in [5, 5.41) is 121. The maximum atomic E-state index is 13.5. The van der Waals surface area contributed by atoms with Gasteiger partial charge in [-0.15, -0.1) is 0 Å². The standard InChI is InChI=1S/C86H155NO18/c1-3-5-7-9-11-13-15-17-19-21-23-25-27-29-31-33-34-36-38-40-42-44-46-48-50-52-54-56-58-60-62-64-74(92)87-69(70(91)63-61-59-57-55-53-51-49-47-45-43-41-39-37-35-32-30-28-26-24-22-20-18-16-14-12-10-8-6-4-2)68-100-84-80(98)77(95)82(72(66-89)102-84)105-86-81(99)78(96)83(73(67-90)103-86)104-85-79(97)76(94)75(93)71(65-88)101-85/h5,7,11,13,17,19,23,25,29,31,61,63,69-73,75-86,88-91,93-99H,3-4,6,8-10,12,14-16,18,20-22,24,26-28,30,32-60,62,64-68H2,1-2H3,(H,87,92)/b7-5-,13-11-,19-17-,25-23-,31-29-,63-61+. The van der Waals surface area contributed by atoms with E-state index in [0.717, 1.165) is 77.0 Å². The first-order valence-electron chi connectivity index (χ1n) is 42.7. The number of hydrogen-bond acceptors (Lipinski definition) is 18. The molecule has 0 bridgehead atoms. The molecule has 3 saturated heterocycles. The SMILES string of the molecule is CC/C=C\C/C=C\C/C=C\C/C=C\C/C=C\CCCCCCCCCCCCCCCCCC(=O)NC(COC1OC(CO)C(OC2OC(CO)C(OC3OC(CO)C(O)C(O)C3O)C(O)C2O)C(O)C1O)C(O)/C=C/CCCCCCCCCCCCCCCCCCCCCCCCCCCCC. The molecule has 3 fully saturated rings. The molecule has 105 heavy (non-hydrogen) atoms. The van der Waals surface area contributed by atoms with Gasteiger partial charge in [0.25, 0.3) is 0 Å². The van der Waals surface area contributed by atoms with Crippen molar-refractivity contribution in [2.75, 3.05) is 26.4 Å². The highest BCUT2D eigenvalue weighted by Crippen LogP contribution is 2.33. The largest absolute Gasteiger partial charge is 0.394 e. The number of amides is 1. The van der Waals surface area contributed by atoms with Crippen molar-refractivity contribution in [1.29, 1.82) is 0 Å². The maximum absolute atomic E-state index is 13.5. The zero-order chi connectivity index (χ0) is 76.0. The Morgan fingerprint density at radius 1 is 0.352 bits per heavy atom. The van der Waals surface area contributed by atoms with E-state index in [9.17, 15) is 61.0 Å². The van der Waals surface area contributed by atoms with Crippen LogP contribution in [0.25, 0.3) is 0 Å².